The van der Waals surface area contributed by atoms with Crippen LogP contribution < -0.4 is 4.74 Å². The molecule has 0 spiro atoms. The van der Waals surface area contributed by atoms with Crippen molar-refractivity contribution >= 4 is 0 Å². The van der Waals surface area contributed by atoms with Crippen molar-refractivity contribution in [2.24, 2.45) is 0 Å². The van der Waals surface area contributed by atoms with Crippen LogP contribution in [0.4, 0.5) is 0 Å². The zero-order valence-electron chi connectivity index (χ0n) is 12.0. The number of hydrogen-bond acceptors (Lipinski definition) is 4. The van der Waals surface area contributed by atoms with E-state index in [-0.39, 0.29) is 6.61 Å². The normalized spacial score (nSPS) is 11.7. The molecule has 0 radical (unpaired) electrons. The van der Waals surface area contributed by atoms with E-state index in [1.54, 1.807) is 31.8 Å². The Kier molecular flexibility index (Phi) is 4.11. The molecule has 0 fully saturated rings. The maximum absolute atomic E-state index is 9.80. The third kappa shape index (κ3) is 3.37. The summed E-state index contributed by atoms with van der Waals surface area (Å²) in [6, 6.07) is 5.56. The number of hydrogen-bond donors (Lipinski definition) is 2. The molecule has 0 saturated heterocycles. The summed E-state index contributed by atoms with van der Waals surface area (Å²) in [7, 11) is 1.59. The van der Waals surface area contributed by atoms with Crippen LogP contribution in [-0.2, 0) is 13.2 Å². The van der Waals surface area contributed by atoms with Crippen LogP contribution in [0.2, 0.25) is 0 Å². The molecule has 0 saturated carbocycles. The summed E-state index contributed by atoms with van der Waals surface area (Å²) in [6.45, 7) is 3.82. The van der Waals surface area contributed by atoms with E-state index >= 15 is 0 Å². The minimum atomic E-state index is -0.816. The molecule has 5 nitrogen and oxygen atoms in total. The van der Waals surface area contributed by atoms with Gasteiger partial charge in [-0.15, -0.1) is 0 Å². The monoisotopic (exact) mass is 276 g/mol. The van der Waals surface area contributed by atoms with Crippen molar-refractivity contribution in [3.8, 4) is 16.9 Å². The third-order valence-corrected chi connectivity index (χ3v) is 2.98. The van der Waals surface area contributed by atoms with Crippen LogP contribution in [0, 0.1) is 0 Å². The molecule has 0 aliphatic heterocycles. The first-order valence-corrected chi connectivity index (χ1v) is 6.46. The van der Waals surface area contributed by atoms with Crippen LogP contribution in [0.1, 0.15) is 19.4 Å². The average molecular weight is 276 g/mol. The number of benzene rings is 1. The van der Waals surface area contributed by atoms with Crippen molar-refractivity contribution in [1.82, 2.24) is 9.78 Å². The molecule has 2 N–H and O–H groups in total. The Morgan fingerprint density at radius 2 is 2.10 bits per heavy atom. The Balaban J connectivity index is 2.32. The van der Waals surface area contributed by atoms with E-state index in [0.29, 0.717) is 12.3 Å². The summed E-state index contributed by atoms with van der Waals surface area (Å²) in [6.07, 6.45) is 3.59. The topological polar surface area (TPSA) is 67.5 Å². The number of aliphatic hydroxyl groups excluding tert-OH is 1. The van der Waals surface area contributed by atoms with Crippen molar-refractivity contribution in [3.05, 3.63) is 36.2 Å². The van der Waals surface area contributed by atoms with Crippen LogP contribution in [0.15, 0.2) is 30.6 Å². The van der Waals surface area contributed by atoms with Gasteiger partial charge in [0, 0.05) is 11.8 Å². The van der Waals surface area contributed by atoms with Gasteiger partial charge in [0.1, 0.15) is 5.75 Å². The van der Waals surface area contributed by atoms with Crippen LogP contribution >= 0.6 is 0 Å². The van der Waals surface area contributed by atoms with Crippen LogP contribution in [-0.4, -0.2) is 32.7 Å². The van der Waals surface area contributed by atoms with E-state index in [0.717, 1.165) is 16.7 Å². The second kappa shape index (κ2) is 5.64. The number of ether oxygens (including phenoxy) is 1. The van der Waals surface area contributed by atoms with E-state index in [2.05, 4.69) is 5.10 Å². The van der Waals surface area contributed by atoms with Gasteiger partial charge in [-0.25, -0.2) is 0 Å². The van der Waals surface area contributed by atoms with Gasteiger partial charge in [0.2, 0.25) is 0 Å². The van der Waals surface area contributed by atoms with Crippen molar-refractivity contribution in [3.63, 3.8) is 0 Å². The molecule has 2 rings (SSSR count). The van der Waals surface area contributed by atoms with Gasteiger partial charge < -0.3 is 14.9 Å². The molecular weight excluding hydrogens is 256 g/mol. The molecule has 2 aromatic rings. The van der Waals surface area contributed by atoms with Crippen molar-refractivity contribution < 1.29 is 14.9 Å². The highest BCUT2D eigenvalue weighted by Gasteiger charge is 2.15. The fraction of sp³-hybridized carbons (Fsp3) is 0.400. The summed E-state index contributed by atoms with van der Waals surface area (Å²) >= 11 is 0. The molecule has 0 atom stereocenters. The number of aliphatic hydroxyl groups is 2. The van der Waals surface area contributed by atoms with Gasteiger partial charge in [-0.3, -0.25) is 4.68 Å². The lowest BCUT2D eigenvalue weighted by molar-refractivity contribution is 0.0577. The Morgan fingerprint density at radius 3 is 2.70 bits per heavy atom. The summed E-state index contributed by atoms with van der Waals surface area (Å²) < 4.78 is 6.85. The summed E-state index contributed by atoms with van der Waals surface area (Å²) in [4.78, 5) is 0. The van der Waals surface area contributed by atoms with Crippen molar-refractivity contribution in [2.45, 2.75) is 32.6 Å². The molecule has 0 unspecified atom stereocenters. The smallest absolute Gasteiger partial charge is 0.119 e. The Hall–Kier alpha value is -1.85. The molecular formula is C15H20N2O3. The molecule has 20 heavy (non-hydrogen) atoms. The maximum Gasteiger partial charge on any atom is 0.119 e. The quantitative estimate of drug-likeness (QED) is 0.874. The first kappa shape index (κ1) is 14.6. The summed E-state index contributed by atoms with van der Waals surface area (Å²) in [5, 5.41) is 23.5. The fourth-order valence-electron chi connectivity index (χ4n) is 2.10. The largest absolute Gasteiger partial charge is 0.497 e. The van der Waals surface area contributed by atoms with Gasteiger partial charge in [-0.05, 0) is 37.1 Å². The highest BCUT2D eigenvalue weighted by Crippen LogP contribution is 2.27. The third-order valence-electron chi connectivity index (χ3n) is 2.98. The maximum atomic E-state index is 9.80. The minimum Gasteiger partial charge on any atom is -0.497 e. The van der Waals surface area contributed by atoms with E-state index < -0.39 is 5.60 Å². The Labute approximate surface area is 118 Å². The molecule has 1 aromatic carbocycles. The molecule has 1 aromatic heterocycles. The van der Waals surface area contributed by atoms with Gasteiger partial charge in [0.25, 0.3) is 0 Å². The van der Waals surface area contributed by atoms with Gasteiger partial charge >= 0.3 is 0 Å². The fourth-order valence-corrected chi connectivity index (χ4v) is 2.10. The number of methoxy groups -OCH3 is 1. The van der Waals surface area contributed by atoms with Crippen molar-refractivity contribution in [1.29, 1.82) is 0 Å². The molecule has 0 aliphatic rings. The SMILES string of the molecule is COc1ccc(-c2cnn(CC(C)(C)O)c2)c(CO)c1. The number of rotatable bonds is 5. The average Bonchev–Trinajstić information content (AvgIpc) is 2.83. The molecule has 0 aliphatic carbocycles. The lowest BCUT2D eigenvalue weighted by atomic mass is 10.0. The van der Waals surface area contributed by atoms with E-state index in [9.17, 15) is 10.2 Å². The van der Waals surface area contributed by atoms with Gasteiger partial charge in [0.15, 0.2) is 0 Å². The number of nitrogens with zero attached hydrogens (tertiary/aromatic N) is 2. The van der Waals surface area contributed by atoms with Gasteiger partial charge in [-0.2, -0.15) is 5.10 Å². The predicted molar refractivity (Wildman–Crippen MR) is 76.4 cm³/mol. The van der Waals surface area contributed by atoms with Gasteiger partial charge in [-0.1, -0.05) is 6.07 Å². The molecule has 0 amide bonds. The second-order valence-corrected chi connectivity index (χ2v) is 5.42. The van der Waals surface area contributed by atoms with Crippen molar-refractivity contribution in [2.75, 3.05) is 7.11 Å². The highest BCUT2D eigenvalue weighted by molar-refractivity contribution is 5.67. The minimum absolute atomic E-state index is 0.0663. The highest BCUT2D eigenvalue weighted by atomic mass is 16.5. The number of aromatic nitrogens is 2. The van der Waals surface area contributed by atoms with E-state index in [1.807, 2.05) is 24.4 Å². The summed E-state index contributed by atoms with van der Waals surface area (Å²) in [5.74, 6) is 0.710. The van der Waals surface area contributed by atoms with E-state index in [1.165, 1.54) is 0 Å². The Morgan fingerprint density at radius 1 is 1.35 bits per heavy atom. The first-order chi connectivity index (χ1) is 9.43. The first-order valence-electron chi connectivity index (χ1n) is 6.46. The van der Waals surface area contributed by atoms with Crippen LogP contribution in [0.3, 0.4) is 0 Å². The predicted octanol–water partition coefficient (Wildman–Crippen LogP) is 1.82. The lowest BCUT2D eigenvalue weighted by Crippen LogP contribution is -2.26. The zero-order valence-corrected chi connectivity index (χ0v) is 12.0. The Bertz CT molecular complexity index is 585. The summed E-state index contributed by atoms with van der Waals surface area (Å²) in [5.41, 5.74) is 1.78. The standard InChI is InChI=1S/C15H20N2O3/c1-15(2,19)10-17-8-12(7-16-17)14-5-4-13(20-3)6-11(14)9-18/h4-8,18-19H,9-10H2,1-3H3. The molecule has 5 heteroatoms. The zero-order chi connectivity index (χ0) is 14.8. The van der Waals surface area contributed by atoms with Crippen LogP contribution in [0.25, 0.3) is 11.1 Å². The molecule has 0 bridgehead atoms. The van der Waals surface area contributed by atoms with E-state index in [4.69, 9.17) is 4.74 Å². The lowest BCUT2D eigenvalue weighted by Gasteiger charge is -2.16. The second-order valence-electron chi connectivity index (χ2n) is 5.42. The molecule has 108 valence electrons. The molecule has 1 heterocycles. The van der Waals surface area contributed by atoms with Gasteiger partial charge in [0.05, 0.1) is 32.1 Å². The van der Waals surface area contributed by atoms with Crippen LogP contribution in [0.5, 0.6) is 5.75 Å².